The summed E-state index contributed by atoms with van der Waals surface area (Å²) in [5.41, 5.74) is 5.94. The van der Waals surface area contributed by atoms with Gasteiger partial charge < -0.3 is 15.8 Å². The number of halogens is 1. The second kappa shape index (κ2) is 5.60. The van der Waals surface area contributed by atoms with Gasteiger partial charge in [0, 0.05) is 18.7 Å². The fraction of sp³-hybridized carbons (Fsp3) is 0.300. The molecule has 0 fully saturated rings. The summed E-state index contributed by atoms with van der Waals surface area (Å²) in [5, 5.41) is 3.08. The molecule has 1 aromatic carbocycles. The minimum atomic E-state index is -0.310. The molecule has 4 nitrogen and oxygen atoms in total. The second-order valence-electron chi connectivity index (χ2n) is 2.99. The molecule has 0 bridgehead atoms. The molecule has 5 heteroatoms. The number of rotatable bonds is 5. The fourth-order valence-corrected chi connectivity index (χ4v) is 1.65. The van der Waals surface area contributed by atoms with E-state index in [2.05, 4.69) is 21.2 Å². The Morgan fingerprint density at radius 3 is 2.87 bits per heavy atom. The van der Waals surface area contributed by atoms with Gasteiger partial charge in [0.1, 0.15) is 5.75 Å². The molecule has 3 N–H and O–H groups in total. The summed E-state index contributed by atoms with van der Waals surface area (Å²) in [6.07, 6.45) is 0.323. The number of hydrogen-bond acceptors (Lipinski definition) is 3. The Labute approximate surface area is 96.9 Å². The molecule has 0 aliphatic rings. The fourth-order valence-electron chi connectivity index (χ4n) is 1.11. The Balaban J connectivity index is 2.55. The number of primary amides is 1. The first-order chi connectivity index (χ1) is 7.13. The van der Waals surface area contributed by atoms with Gasteiger partial charge in [0.15, 0.2) is 0 Å². The molecule has 0 radical (unpaired) electrons. The number of anilines is 1. The second-order valence-corrected chi connectivity index (χ2v) is 3.85. The Morgan fingerprint density at radius 2 is 2.33 bits per heavy atom. The highest BCUT2D eigenvalue weighted by Gasteiger charge is 2.01. The van der Waals surface area contributed by atoms with Crippen molar-refractivity contribution >= 4 is 27.5 Å². The molecule has 0 aromatic heterocycles. The molecule has 0 unspecified atom stereocenters. The summed E-state index contributed by atoms with van der Waals surface area (Å²) in [7, 11) is 1.61. The number of nitrogens with one attached hydrogen (secondary N) is 1. The predicted octanol–water partition coefficient (Wildman–Crippen LogP) is 1.74. The van der Waals surface area contributed by atoms with Crippen LogP contribution in [0.1, 0.15) is 6.42 Å². The molecule has 0 aliphatic heterocycles. The lowest BCUT2D eigenvalue weighted by Gasteiger charge is -2.08. The van der Waals surface area contributed by atoms with Crippen LogP contribution < -0.4 is 15.8 Å². The molecule has 1 aromatic rings. The van der Waals surface area contributed by atoms with Gasteiger partial charge in [-0.2, -0.15) is 0 Å². The molecule has 82 valence electrons. The summed E-state index contributed by atoms with van der Waals surface area (Å²) in [5.74, 6) is 0.463. The van der Waals surface area contributed by atoms with Crippen molar-refractivity contribution in [3.05, 3.63) is 22.7 Å². The number of hydrogen-bond donors (Lipinski definition) is 2. The van der Waals surface area contributed by atoms with Crippen molar-refractivity contribution < 1.29 is 9.53 Å². The third kappa shape index (κ3) is 3.79. The van der Waals surface area contributed by atoms with Crippen molar-refractivity contribution in [2.45, 2.75) is 6.42 Å². The highest BCUT2D eigenvalue weighted by atomic mass is 79.9. The maximum atomic E-state index is 10.5. The minimum Gasteiger partial charge on any atom is -0.496 e. The van der Waals surface area contributed by atoms with Crippen LogP contribution in [0.25, 0.3) is 0 Å². The molecule has 1 rings (SSSR count). The van der Waals surface area contributed by atoms with Crippen molar-refractivity contribution in [1.82, 2.24) is 0 Å². The van der Waals surface area contributed by atoms with E-state index in [1.807, 2.05) is 18.2 Å². The molecule has 0 heterocycles. The summed E-state index contributed by atoms with van der Waals surface area (Å²) in [6.45, 7) is 0.536. The zero-order valence-corrected chi connectivity index (χ0v) is 10.0. The van der Waals surface area contributed by atoms with E-state index in [-0.39, 0.29) is 5.91 Å². The van der Waals surface area contributed by atoms with E-state index < -0.39 is 0 Å². The number of ether oxygens (including phenoxy) is 1. The first-order valence-electron chi connectivity index (χ1n) is 4.49. The molecular formula is C10H13BrN2O2. The van der Waals surface area contributed by atoms with E-state index in [1.54, 1.807) is 7.11 Å². The molecule has 1 amide bonds. The van der Waals surface area contributed by atoms with Crippen LogP contribution in [0.15, 0.2) is 22.7 Å². The Hall–Kier alpha value is -1.23. The molecule has 15 heavy (non-hydrogen) atoms. The lowest BCUT2D eigenvalue weighted by molar-refractivity contribution is -0.117. The minimum absolute atomic E-state index is 0.310. The quantitative estimate of drug-likeness (QED) is 0.859. The lowest BCUT2D eigenvalue weighted by atomic mass is 10.3. The van der Waals surface area contributed by atoms with E-state index >= 15 is 0 Å². The maximum absolute atomic E-state index is 10.5. The van der Waals surface area contributed by atoms with Gasteiger partial charge in [0.05, 0.1) is 11.6 Å². The SMILES string of the molecule is COc1ccc(NCCC(N)=O)cc1Br. The molecule has 0 saturated carbocycles. The Kier molecular flexibility index (Phi) is 4.42. The van der Waals surface area contributed by atoms with Crippen LogP contribution in [-0.4, -0.2) is 19.6 Å². The van der Waals surface area contributed by atoms with E-state index in [0.29, 0.717) is 13.0 Å². The first kappa shape index (κ1) is 11.8. The zero-order valence-electron chi connectivity index (χ0n) is 8.42. The van der Waals surface area contributed by atoms with Gasteiger partial charge in [-0.15, -0.1) is 0 Å². The summed E-state index contributed by atoms with van der Waals surface area (Å²) >= 11 is 3.37. The van der Waals surface area contributed by atoms with Crippen molar-refractivity contribution in [3.8, 4) is 5.75 Å². The number of benzene rings is 1. The van der Waals surface area contributed by atoms with Gasteiger partial charge in [-0.3, -0.25) is 4.79 Å². The van der Waals surface area contributed by atoms with Gasteiger partial charge in [0.2, 0.25) is 5.91 Å². The molecule has 0 spiro atoms. The van der Waals surface area contributed by atoms with Crippen LogP contribution in [0.4, 0.5) is 5.69 Å². The van der Waals surface area contributed by atoms with E-state index in [4.69, 9.17) is 10.5 Å². The van der Waals surface area contributed by atoms with Gasteiger partial charge in [-0.25, -0.2) is 0 Å². The molecule has 0 atom stereocenters. The van der Waals surface area contributed by atoms with E-state index in [1.165, 1.54) is 0 Å². The zero-order chi connectivity index (χ0) is 11.3. The third-order valence-corrected chi connectivity index (χ3v) is 2.47. The number of methoxy groups -OCH3 is 1. The number of amides is 1. The van der Waals surface area contributed by atoms with Gasteiger partial charge >= 0.3 is 0 Å². The Bertz CT molecular complexity index is 355. The average molecular weight is 273 g/mol. The smallest absolute Gasteiger partial charge is 0.219 e. The van der Waals surface area contributed by atoms with Gasteiger partial charge in [0.25, 0.3) is 0 Å². The van der Waals surface area contributed by atoms with Crippen LogP contribution in [0.5, 0.6) is 5.75 Å². The molecule has 0 saturated heterocycles. The number of carbonyl (C=O) groups excluding carboxylic acids is 1. The average Bonchev–Trinajstić information content (AvgIpc) is 2.17. The highest BCUT2D eigenvalue weighted by Crippen LogP contribution is 2.27. The monoisotopic (exact) mass is 272 g/mol. The Morgan fingerprint density at radius 1 is 1.60 bits per heavy atom. The van der Waals surface area contributed by atoms with E-state index in [0.717, 1.165) is 15.9 Å². The van der Waals surface area contributed by atoms with Crippen LogP contribution >= 0.6 is 15.9 Å². The topological polar surface area (TPSA) is 64.3 Å². The van der Waals surface area contributed by atoms with Crippen molar-refractivity contribution in [1.29, 1.82) is 0 Å². The molecule has 0 aliphatic carbocycles. The van der Waals surface area contributed by atoms with Gasteiger partial charge in [-0.05, 0) is 34.1 Å². The van der Waals surface area contributed by atoms with Crippen molar-refractivity contribution in [2.75, 3.05) is 19.0 Å². The van der Waals surface area contributed by atoms with Crippen molar-refractivity contribution in [3.63, 3.8) is 0 Å². The molecular weight excluding hydrogens is 260 g/mol. The standard InChI is InChI=1S/C10H13BrN2O2/c1-15-9-3-2-7(6-8(9)11)13-5-4-10(12)14/h2-3,6,13H,4-5H2,1H3,(H2,12,14). The van der Waals surface area contributed by atoms with Crippen LogP contribution in [0.2, 0.25) is 0 Å². The third-order valence-electron chi connectivity index (χ3n) is 1.85. The first-order valence-corrected chi connectivity index (χ1v) is 5.28. The number of nitrogens with two attached hydrogens (primary N) is 1. The summed E-state index contributed by atoms with van der Waals surface area (Å²) in [4.78, 5) is 10.5. The van der Waals surface area contributed by atoms with Gasteiger partial charge in [-0.1, -0.05) is 0 Å². The lowest BCUT2D eigenvalue weighted by Crippen LogP contribution is -2.15. The largest absolute Gasteiger partial charge is 0.496 e. The highest BCUT2D eigenvalue weighted by molar-refractivity contribution is 9.10. The normalized spacial score (nSPS) is 9.73. The summed E-state index contributed by atoms with van der Waals surface area (Å²) in [6, 6.07) is 5.61. The van der Waals surface area contributed by atoms with E-state index in [9.17, 15) is 4.79 Å². The maximum Gasteiger partial charge on any atom is 0.219 e. The van der Waals surface area contributed by atoms with Crippen LogP contribution in [0.3, 0.4) is 0 Å². The summed E-state index contributed by atoms with van der Waals surface area (Å²) < 4.78 is 5.96. The van der Waals surface area contributed by atoms with Crippen LogP contribution in [-0.2, 0) is 4.79 Å². The predicted molar refractivity (Wildman–Crippen MR) is 63.0 cm³/mol. The van der Waals surface area contributed by atoms with Crippen molar-refractivity contribution in [2.24, 2.45) is 5.73 Å². The number of carbonyl (C=O) groups is 1. The van der Waals surface area contributed by atoms with Crippen LogP contribution in [0, 0.1) is 0 Å².